The van der Waals surface area contributed by atoms with Gasteiger partial charge in [0.25, 0.3) is 0 Å². The standard InChI is InChI=1S/C20H27N3O/c1-4-20(24)16-5-7-18(8-6-16)22-11-9-19(10-12-22)23-14-17(13-21-23)15(2)3/h5-8,13-15,19H,4,9-12H2,1-3H3. The third-order valence-corrected chi connectivity index (χ3v) is 5.00. The number of benzene rings is 1. The van der Waals surface area contributed by atoms with Crippen LogP contribution in [-0.2, 0) is 0 Å². The van der Waals surface area contributed by atoms with E-state index < -0.39 is 0 Å². The van der Waals surface area contributed by atoms with Gasteiger partial charge in [-0.3, -0.25) is 9.48 Å². The number of carbonyl (C=O) groups excluding carboxylic acids is 1. The molecule has 4 heteroatoms. The van der Waals surface area contributed by atoms with E-state index in [4.69, 9.17) is 0 Å². The van der Waals surface area contributed by atoms with Crippen molar-refractivity contribution >= 4 is 11.5 Å². The fourth-order valence-electron chi connectivity index (χ4n) is 3.30. The molecular weight excluding hydrogens is 298 g/mol. The lowest BCUT2D eigenvalue weighted by Crippen LogP contribution is -2.34. The van der Waals surface area contributed by atoms with Crippen molar-refractivity contribution in [3.8, 4) is 0 Å². The number of nitrogens with zero attached hydrogens (tertiary/aromatic N) is 3. The van der Waals surface area contributed by atoms with Crippen molar-refractivity contribution < 1.29 is 4.79 Å². The summed E-state index contributed by atoms with van der Waals surface area (Å²) in [5, 5.41) is 4.56. The fourth-order valence-corrected chi connectivity index (χ4v) is 3.30. The minimum absolute atomic E-state index is 0.208. The molecule has 3 rings (SSSR count). The number of rotatable bonds is 5. The third-order valence-electron chi connectivity index (χ3n) is 5.00. The van der Waals surface area contributed by atoms with Crippen LogP contribution in [0.3, 0.4) is 0 Å². The Labute approximate surface area is 144 Å². The van der Waals surface area contributed by atoms with Crippen LogP contribution in [-0.4, -0.2) is 28.7 Å². The first-order valence-electron chi connectivity index (χ1n) is 9.00. The molecule has 0 atom stereocenters. The van der Waals surface area contributed by atoms with E-state index in [1.54, 1.807) is 0 Å². The maximum absolute atomic E-state index is 11.7. The number of hydrogen-bond donors (Lipinski definition) is 0. The summed E-state index contributed by atoms with van der Waals surface area (Å²) < 4.78 is 2.15. The van der Waals surface area contributed by atoms with Gasteiger partial charge in [0.05, 0.1) is 12.2 Å². The van der Waals surface area contributed by atoms with Gasteiger partial charge in [-0.25, -0.2) is 0 Å². The van der Waals surface area contributed by atoms with Gasteiger partial charge in [0, 0.05) is 37.0 Å². The number of ketones is 1. The van der Waals surface area contributed by atoms with Gasteiger partial charge in [-0.1, -0.05) is 20.8 Å². The number of hydrogen-bond acceptors (Lipinski definition) is 3. The Kier molecular flexibility index (Phi) is 5.03. The number of piperidine rings is 1. The first-order valence-corrected chi connectivity index (χ1v) is 9.00. The van der Waals surface area contributed by atoms with Crippen molar-refractivity contribution in [2.45, 2.75) is 52.0 Å². The molecule has 0 radical (unpaired) electrons. The Hall–Kier alpha value is -2.10. The molecule has 0 aliphatic carbocycles. The van der Waals surface area contributed by atoms with Crippen LogP contribution in [0, 0.1) is 0 Å². The number of aromatic nitrogens is 2. The van der Waals surface area contributed by atoms with Gasteiger partial charge in [-0.05, 0) is 48.6 Å². The first kappa shape index (κ1) is 16.7. The van der Waals surface area contributed by atoms with Crippen LogP contribution in [0.5, 0.6) is 0 Å². The van der Waals surface area contributed by atoms with Crippen molar-refractivity contribution in [2.75, 3.05) is 18.0 Å². The second-order valence-corrected chi connectivity index (χ2v) is 6.95. The lowest BCUT2D eigenvalue weighted by Gasteiger charge is -2.33. The topological polar surface area (TPSA) is 38.1 Å². The Balaban J connectivity index is 1.61. The van der Waals surface area contributed by atoms with Crippen LogP contribution >= 0.6 is 0 Å². The summed E-state index contributed by atoms with van der Waals surface area (Å²) in [6.45, 7) is 8.38. The van der Waals surface area contributed by atoms with E-state index >= 15 is 0 Å². The molecule has 2 heterocycles. The molecule has 1 aromatic carbocycles. The Morgan fingerprint density at radius 3 is 2.42 bits per heavy atom. The molecule has 1 aromatic heterocycles. The molecular formula is C20H27N3O. The lowest BCUT2D eigenvalue weighted by molar-refractivity contribution is 0.0988. The Morgan fingerprint density at radius 2 is 1.88 bits per heavy atom. The average Bonchev–Trinajstić information content (AvgIpc) is 3.12. The summed E-state index contributed by atoms with van der Waals surface area (Å²) >= 11 is 0. The predicted molar refractivity (Wildman–Crippen MR) is 97.9 cm³/mol. The highest BCUT2D eigenvalue weighted by Crippen LogP contribution is 2.27. The lowest BCUT2D eigenvalue weighted by atomic mass is 10.0. The summed E-state index contributed by atoms with van der Waals surface area (Å²) in [4.78, 5) is 14.1. The minimum atomic E-state index is 0.208. The van der Waals surface area contributed by atoms with Gasteiger partial charge in [0.2, 0.25) is 0 Å². The zero-order valence-corrected chi connectivity index (χ0v) is 14.9. The van der Waals surface area contributed by atoms with Gasteiger partial charge in [-0.15, -0.1) is 0 Å². The summed E-state index contributed by atoms with van der Waals surface area (Å²) in [7, 11) is 0. The van der Waals surface area contributed by atoms with Gasteiger partial charge in [-0.2, -0.15) is 5.10 Å². The van der Waals surface area contributed by atoms with E-state index in [9.17, 15) is 4.79 Å². The maximum atomic E-state index is 11.7. The van der Waals surface area contributed by atoms with Crippen LogP contribution < -0.4 is 4.90 Å². The van der Waals surface area contributed by atoms with Gasteiger partial charge < -0.3 is 4.90 Å². The second kappa shape index (κ2) is 7.20. The molecule has 2 aromatic rings. The third kappa shape index (κ3) is 3.53. The first-order chi connectivity index (χ1) is 11.6. The smallest absolute Gasteiger partial charge is 0.162 e. The van der Waals surface area contributed by atoms with Gasteiger partial charge >= 0.3 is 0 Å². The van der Waals surface area contributed by atoms with Crippen LogP contribution in [0.2, 0.25) is 0 Å². The van der Waals surface area contributed by atoms with Crippen LogP contribution in [0.15, 0.2) is 36.7 Å². The largest absolute Gasteiger partial charge is 0.371 e. The van der Waals surface area contributed by atoms with E-state index in [0.29, 0.717) is 18.4 Å². The molecule has 0 bridgehead atoms. The summed E-state index contributed by atoms with van der Waals surface area (Å²) in [5.41, 5.74) is 3.34. The zero-order valence-electron chi connectivity index (χ0n) is 14.9. The SMILES string of the molecule is CCC(=O)c1ccc(N2CCC(n3cc(C(C)C)cn3)CC2)cc1. The van der Waals surface area contributed by atoms with E-state index in [-0.39, 0.29) is 5.78 Å². The van der Waals surface area contributed by atoms with Crippen LogP contribution in [0.1, 0.15) is 67.9 Å². The molecule has 4 nitrogen and oxygen atoms in total. The van der Waals surface area contributed by atoms with Gasteiger partial charge in [0.15, 0.2) is 5.78 Å². The van der Waals surface area contributed by atoms with Crippen molar-refractivity contribution in [1.29, 1.82) is 0 Å². The predicted octanol–water partition coefficient (Wildman–Crippen LogP) is 4.44. The average molecular weight is 325 g/mol. The van der Waals surface area contributed by atoms with E-state index in [1.807, 2.05) is 25.3 Å². The second-order valence-electron chi connectivity index (χ2n) is 6.95. The number of anilines is 1. The highest BCUT2D eigenvalue weighted by molar-refractivity contribution is 5.96. The highest BCUT2D eigenvalue weighted by Gasteiger charge is 2.21. The summed E-state index contributed by atoms with van der Waals surface area (Å²) in [6, 6.07) is 8.56. The molecule has 1 fully saturated rings. The van der Waals surface area contributed by atoms with Crippen molar-refractivity contribution in [3.05, 3.63) is 47.8 Å². The number of Topliss-reactive ketones (excluding diaryl/α,β-unsaturated/α-hetero) is 1. The van der Waals surface area contributed by atoms with Crippen LogP contribution in [0.4, 0.5) is 5.69 Å². The van der Waals surface area contributed by atoms with Crippen molar-refractivity contribution in [1.82, 2.24) is 9.78 Å². The molecule has 0 unspecified atom stereocenters. The quantitative estimate of drug-likeness (QED) is 0.763. The Bertz CT molecular complexity index is 679. The molecule has 0 spiro atoms. The van der Waals surface area contributed by atoms with Crippen molar-refractivity contribution in [2.24, 2.45) is 0 Å². The molecule has 0 N–H and O–H groups in total. The summed E-state index contributed by atoms with van der Waals surface area (Å²) in [6.07, 6.45) is 6.98. The Morgan fingerprint density at radius 1 is 1.21 bits per heavy atom. The molecule has 1 aliphatic heterocycles. The molecule has 1 aliphatic rings. The molecule has 128 valence electrons. The summed E-state index contributed by atoms with van der Waals surface area (Å²) in [5.74, 6) is 0.739. The molecule has 24 heavy (non-hydrogen) atoms. The zero-order chi connectivity index (χ0) is 17.1. The molecule has 1 saturated heterocycles. The van der Waals surface area contributed by atoms with Gasteiger partial charge in [0.1, 0.15) is 0 Å². The maximum Gasteiger partial charge on any atom is 0.162 e. The fraction of sp³-hybridized carbons (Fsp3) is 0.500. The van der Waals surface area contributed by atoms with E-state index in [2.05, 4.69) is 46.9 Å². The molecule has 0 saturated carbocycles. The number of carbonyl (C=O) groups is 1. The molecule has 0 amide bonds. The van der Waals surface area contributed by atoms with E-state index in [0.717, 1.165) is 31.5 Å². The minimum Gasteiger partial charge on any atom is -0.371 e. The van der Waals surface area contributed by atoms with Crippen molar-refractivity contribution in [3.63, 3.8) is 0 Å². The monoisotopic (exact) mass is 325 g/mol. The van der Waals surface area contributed by atoms with E-state index in [1.165, 1.54) is 11.3 Å². The highest BCUT2D eigenvalue weighted by atomic mass is 16.1. The van der Waals surface area contributed by atoms with Crippen LogP contribution in [0.25, 0.3) is 0 Å². The normalized spacial score (nSPS) is 15.9.